The lowest BCUT2D eigenvalue weighted by atomic mass is 10.0. The lowest BCUT2D eigenvalue weighted by molar-refractivity contribution is 1.19. The fraction of sp³-hybridized carbons (Fsp3) is 0. The van der Waals surface area contributed by atoms with Crippen LogP contribution in [0.2, 0.25) is 0 Å². The Bertz CT molecular complexity index is 2130. The molecule has 0 aliphatic heterocycles. The highest BCUT2D eigenvalue weighted by Crippen LogP contribution is 2.39. The smallest absolute Gasteiger partial charge is 0.137 e. The van der Waals surface area contributed by atoms with Crippen LogP contribution in [0.1, 0.15) is 0 Å². The van der Waals surface area contributed by atoms with Gasteiger partial charge in [-0.15, -0.1) is 0 Å². The van der Waals surface area contributed by atoms with E-state index in [-0.39, 0.29) is 0 Å². The van der Waals surface area contributed by atoms with Gasteiger partial charge in [-0.25, -0.2) is 4.98 Å². The Labute approximate surface area is 275 Å². The number of pyridine rings is 1. The summed E-state index contributed by atoms with van der Waals surface area (Å²) >= 11 is 0. The lowest BCUT2D eigenvalue weighted by Gasteiger charge is -2.25. The summed E-state index contributed by atoms with van der Waals surface area (Å²) in [7, 11) is 0. The van der Waals surface area contributed by atoms with Gasteiger partial charge >= 0.3 is 0 Å². The molecule has 224 valence electrons. The number of imidazole rings is 1. The van der Waals surface area contributed by atoms with Crippen molar-refractivity contribution in [2.24, 2.45) is 0 Å². The van der Waals surface area contributed by atoms with Gasteiger partial charge in [0.2, 0.25) is 0 Å². The predicted octanol–water partition coefficient (Wildman–Crippen LogP) is 11.6. The van der Waals surface area contributed by atoms with Crippen LogP contribution >= 0.6 is 0 Å². The topological polar surface area (TPSA) is 23.8 Å². The van der Waals surface area contributed by atoms with E-state index >= 15 is 0 Å². The Morgan fingerprint density at radius 3 is 1.13 bits per heavy atom. The van der Waals surface area contributed by atoms with E-state index in [9.17, 15) is 0 Å². The molecule has 0 unspecified atom stereocenters. The SMILES string of the molecule is c1ccc(N(c2ccccc2)c2ccc(-c3nc4ccccn4c3-c3ccc(N(c4ccccc4)c4ccccc4)cc3)cc2)cc1. The molecule has 8 aromatic rings. The van der Waals surface area contributed by atoms with E-state index in [1.807, 2.05) is 18.2 Å². The van der Waals surface area contributed by atoms with Crippen LogP contribution in [0.4, 0.5) is 34.1 Å². The molecule has 6 aromatic carbocycles. The Balaban J connectivity index is 1.19. The van der Waals surface area contributed by atoms with Crippen LogP contribution in [0, 0.1) is 0 Å². The Morgan fingerprint density at radius 2 is 0.702 bits per heavy atom. The molecule has 0 amide bonds. The Kier molecular flexibility index (Phi) is 7.50. The molecule has 0 bridgehead atoms. The molecule has 4 heteroatoms. The summed E-state index contributed by atoms with van der Waals surface area (Å²) in [6.45, 7) is 0. The van der Waals surface area contributed by atoms with Crippen molar-refractivity contribution in [2.75, 3.05) is 9.80 Å². The van der Waals surface area contributed by atoms with Gasteiger partial charge in [0.1, 0.15) is 5.65 Å². The fourth-order valence-electron chi connectivity index (χ4n) is 6.21. The van der Waals surface area contributed by atoms with E-state index in [0.29, 0.717) is 0 Å². The highest BCUT2D eigenvalue weighted by atomic mass is 15.1. The van der Waals surface area contributed by atoms with Crippen LogP contribution in [0.3, 0.4) is 0 Å². The van der Waals surface area contributed by atoms with Crippen LogP contribution < -0.4 is 9.80 Å². The first-order valence-electron chi connectivity index (χ1n) is 15.8. The second-order valence-electron chi connectivity index (χ2n) is 11.3. The van der Waals surface area contributed by atoms with E-state index in [0.717, 1.165) is 62.3 Å². The van der Waals surface area contributed by atoms with Crippen LogP contribution in [-0.2, 0) is 0 Å². The first kappa shape index (κ1) is 28.1. The van der Waals surface area contributed by atoms with Crippen molar-refractivity contribution in [3.63, 3.8) is 0 Å². The lowest BCUT2D eigenvalue weighted by Crippen LogP contribution is -2.09. The van der Waals surface area contributed by atoms with Gasteiger partial charge in [0, 0.05) is 51.4 Å². The molecule has 0 aliphatic carbocycles. The Morgan fingerprint density at radius 1 is 0.340 bits per heavy atom. The number of hydrogen-bond acceptors (Lipinski definition) is 3. The molecule has 8 rings (SSSR count). The number of benzene rings is 6. The second kappa shape index (κ2) is 12.5. The molecule has 0 radical (unpaired) electrons. The maximum Gasteiger partial charge on any atom is 0.137 e. The first-order valence-corrected chi connectivity index (χ1v) is 15.8. The van der Waals surface area contributed by atoms with Gasteiger partial charge in [0.25, 0.3) is 0 Å². The zero-order chi connectivity index (χ0) is 31.4. The van der Waals surface area contributed by atoms with Crippen LogP contribution in [0.15, 0.2) is 194 Å². The number of aromatic nitrogens is 2. The second-order valence-corrected chi connectivity index (χ2v) is 11.3. The summed E-state index contributed by atoms with van der Waals surface area (Å²) in [6, 6.07) is 65.6. The number of anilines is 6. The average molecular weight is 605 g/mol. The van der Waals surface area contributed by atoms with E-state index in [1.54, 1.807) is 0 Å². The van der Waals surface area contributed by atoms with E-state index in [1.165, 1.54) is 0 Å². The number of nitrogens with zero attached hydrogens (tertiary/aromatic N) is 4. The summed E-state index contributed by atoms with van der Waals surface area (Å²) in [5.74, 6) is 0. The molecule has 0 saturated heterocycles. The molecule has 47 heavy (non-hydrogen) atoms. The fourth-order valence-corrected chi connectivity index (χ4v) is 6.21. The molecule has 0 aliphatic rings. The summed E-state index contributed by atoms with van der Waals surface area (Å²) < 4.78 is 2.19. The summed E-state index contributed by atoms with van der Waals surface area (Å²) in [5, 5.41) is 0. The molecule has 0 fully saturated rings. The quantitative estimate of drug-likeness (QED) is 0.172. The molecule has 2 heterocycles. The third-order valence-corrected chi connectivity index (χ3v) is 8.39. The largest absolute Gasteiger partial charge is 0.311 e. The highest BCUT2D eigenvalue weighted by Gasteiger charge is 2.19. The molecular weight excluding hydrogens is 573 g/mol. The van der Waals surface area contributed by atoms with Gasteiger partial charge in [0.05, 0.1) is 11.4 Å². The van der Waals surface area contributed by atoms with Crippen molar-refractivity contribution in [3.8, 4) is 22.5 Å². The summed E-state index contributed by atoms with van der Waals surface area (Å²) in [6.07, 6.45) is 2.09. The monoisotopic (exact) mass is 604 g/mol. The third kappa shape index (κ3) is 5.54. The summed E-state index contributed by atoms with van der Waals surface area (Å²) in [5.41, 5.74) is 11.7. The van der Waals surface area contributed by atoms with Crippen molar-refractivity contribution in [1.82, 2.24) is 9.38 Å². The predicted molar refractivity (Wildman–Crippen MR) is 195 cm³/mol. The summed E-state index contributed by atoms with van der Waals surface area (Å²) in [4.78, 5) is 9.70. The number of fused-ring (bicyclic) bond motifs is 1. The highest BCUT2D eigenvalue weighted by molar-refractivity contribution is 5.85. The van der Waals surface area contributed by atoms with Crippen LogP contribution in [0.25, 0.3) is 28.2 Å². The minimum absolute atomic E-state index is 0.913. The molecule has 4 nitrogen and oxygen atoms in total. The molecule has 0 N–H and O–H groups in total. The average Bonchev–Trinajstić information content (AvgIpc) is 3.54. The zero-order valence-corrected chi connectivity index (χ0v) is 25.8. The maximum atomic E-state index is 5.14. The van der Waals surface area contributed by atoms with E-state index in [2.05, 4.69) is 190 Å². The van der Waals surface area contributed by atoms with Gasteiger partial charge in [0.15, 0.2) is 0 Å². The van der Waals surface area contributed by atoms with Crippen molar-refractivity contribution in [2.45, 2.75) is 0 Å². The van der Waals surface area contributed by atoms with Gasteiger partial charge in [-0.1, -0.05) is 103 Å². The molecular formula is C43H32N4. The van der Waals surface area contributed by atoms with E-state index < -0.39 is 0 Å². The Hall–Kier alpha value is -6.39. The van der Waals surface area contributed by atoms with Crippen molar-refractivity contribution < 1.29 is 0 Å². The van der Waals surface area contributed by atoms with Crippen LogP contribution in [0.5, 0.6) is 0 Å². The molecule has 0 spiro atoms. The van der Waals surface area contributed by atoms with Gasteiger partial charge in [-0.2, -0.15) is 0 Å². The minimum Gasteiger partial charge on any atom is -0.311 e. The number of hydrogen-bond donors (Lipinski definition) is 0. The van der Waals surface area contributed by atoms with Gasteiger partial charge < -0.3 is 9.80 Å². The first-order chi connectivity index (χ1) is 23.3. The maximum absolute atomic E-state index is 5.14. The van der Waals surface area contributed by atoms with Gasteiger partial charge in [-0.05, 0) is 84.9 Å². The number of para-hydroxylation sites is 4. The third-order valence-electron chi connectivity index (χ3n) is 8.39. The molecule has 0 atom stereocenters. The molecule has 2 aromatic heterocycles. The minimum atomic E-state index is 0.913. The number of rotatable bonds is 8. The standard InChI is InChI=1S/C43H32N4/c1-5-15-35(16-6-1)46(36-17-7-2-8-18-36)39-28-24-33(25-29-39)42-43(45-32-14-13-23-41(45)44-42)34-26-30-40(31-27-34)47(37-19-9-3-10-20-37)38-21-11-4-12-22-38/h1-32H. The zero-order valence-electron chi connectivity index (χ0n) is 25.8. The van der Waals surface area contributed by atoms with Crippen LogP contribution in [-0.4, -0.2) is 9.38 Å². The molecule has 0 saturated carbocycles. The normalized spacial score (nSPS) is 11.0. The van der Waals surface area contributed by atoms with Crippen molar-refractivity contribution in [3.05, 3.63) is 194 Å². The van der Waals surface area contributed by atoms with Crippen molar-refractivity contribution in [1.29, 1.82) is 0 Å². The van der Waals surface area contributed by atoms with E-state index in [4.69, 9.17) is 4.98 Å². The van der Waals surface area contributed by atoms with Gasteiger partial charge in [-0.3, -0.25) is 4.40 Å². The van der Waals surface area contributed by atoms with Crippen molar-refractivity contribution >= 4 is 39.8 Å².